The molecule has 0 bridgehead atoms. The van der Waals surface area contributed by atoms with E-state index in [1.807, 2.05) is 14.0 Å². The molecule has 2 rings (SSSR count). The lowest BCUT2D eigenvalue weighted by molar-refractivity contribution is 0.105. The molecule has 0 aliphatic carbocycles. The Hall–Kier alpha value is -1.36. The summed E-state index contributed by atoms with van der Waals surface area (Å²) in [4.78, 5) is 9.12. The molecule has 1 fully saturated rings. The summed E-state index contributed by atoms with van der Waals surface area (Å²) in [6.07, 6.45) is 2.00. The molecule has 2 heterocycles. The first-order valence-electron chi connectivity index (χ1n) is 6.95. The summed E-state index contributed by atoms with van der Waals surface area (Å²) >= 11 is 0. The van der Waals surface area contributed by atoms with Gasteiger partial charge in [-0.25, -0.2) is 9.97 Å². The third-order valence-electron chi connectivity index (χ3n) is 4.04. The fourth-order valence-corrected chi connectivity index (χ4v) is 2.36. The van der Waals surface area contributed by atoms with Gasteiger partial charge in [0.2, 0.25) is 0 Å². The summed E-state index contributed by atoms with van der Waals surface area (Å²) in [5.41, 5.74) is 0.995. The van der Waals surface area contributed by atoms with Gasteiger partial charge >= 0.3 is 0 Å². The van der Waals surface area contributed by atoms with Crippen LogP contribution in [0, 0.1) is 6.92 Å². The Bertz CT molecular complexity index is 463. The van der Waals surface area contributed by atoms with Crippen molar-refractivity contribution in [3.05, 3.63) is 11.4 Å². The van der Waals surface area contributed by atoms with E-state index in [1.165, 1.54) is 0 Å². The van der Waals surface area contributed by atoms with Crippen molar-refractivity contribution < 1.29 is 4.74 Å². The highest BCUT2D eigenvalue weighted by molar-refractivity contribution is 5.58. The molecule has 5 heteroatoms. The topological polar surface area (TPSA) is 59.1 Å². The van der Waals surface area contributed by atoms with E-state index in [1.54, 1.807) is 0 Å². The average molecular weight is 264 g/mol. The summed E-state index contributed by atoms with van der Waals surface area (Å²) in [5.74, 6) is 2.66. The van der Waals surface area contributed by atoms with Gasteiger partial charge in [0.25, 0.3) is 0 Å². The molecule has 0 aromatic carbocycles. The van der Waals surface area contributed by atoms with Gasteiger partial charge in [-0.15, -0.1) is 0 Å². The van der Waals surface area contributed by atoms with Gasteiger partial charge in [-0.1, -0.05) is 6.92 Å². The van der Waals surface area contributed by atoms with Crippen LogP contribution >= 0.6 is 0 Å². The van der Waals surface area contributed by atoms with Crippen LogP contribution in [0.5, 0.6) is 0 Å². The zero-order valence-corrected chi connectivity index (χ0v) is 12.5. The Balaban J connectivity index is 2.33. The van der Waals surface area contributed by atoms with Crippen molar-refractivity contribution in [1.29, 1.82) is 0 Å². The Morgan fingerprint density at radius 2 is 2.05 bits per heavy atom. The van der Waals surface area contributed by atoms with Crippen molar-refractivity contribution in [2.75, 3.05) is 24.3 Å². The summed E-state index contributed by atoms with van der Waals surface area (Å²) in [6, 6.07) is 0. The van der Waals surface area contributed by atoms with Gasteiger partial charge in [-0.05, 0) is 27.2 Å². The standard InChI is InChI=1S/C14H24N4O/c1-6-11-16-12(15-5)9(2)13(17-11)18-14(4)7-8-19-10(14)3/h10H,6-8H2,1-5H3,(H2,15,16,17,18). The minimum Gasteiger partial charge on any atom is -0.376 e. The molecule has 2 unspecified atom stereocenters. The van der Waals surface area contributed by atoms with Gasteiger partial charge in [0, 0.05) is 25.6 Å². The lowest BCUT2D eigenvalue weighted by atomic mass is 9.94. The van der Waals surface area contributed by atoms with E-state index >= 15 is 0 Å². The molecule has 2 atom stereocenters. The molecular weight excluding hydrogens is 240 g/mol. The molecule has 1 aromatic rings. The molecule has 2 N–H and O–H groups in total. The number of hydrogen-bond acceptors (Lipinski definition) is 5. The Kier molecular flexibility index (Phi) is 3.94. The van der Waals surface area contributed by atoms with E-state index in [4.69, 9.17) is 4.74 Å². The largest absolute Gasteiger partial charge is 0.376 e. The number of anilines is 2. The summed E-state index contributed by atoms with van der Waals surface area (Å²) in [5, 5.41) is 6.71. The third kappa shape index (κ3) is 2.66. The minimum atomic E-state index is -0.0604. The first kappa shape index (κ1) is 14.1. The average Bonchev–Trinajstić information content (AvgIpc) is 2.72. The highest BCUT2D eigenvalue weighted by Crippen LogP contribution is 2.31. The minimum absolute atomic E-state index is 0.0604. The van der Waals surface area contributed by atoms with Crippen molar-refractivity contribution in [3.63, 3.8) is 0 Å². The number of nitrogens with one attached hydrogen (secondary N) is 2. The molecule has 1 aliphatic heterocycles. The Labute approximate surface area is 115 Å². The van der Waals surface area contributed by atoms with Crippen LogP contribution in [-0.2, 0) is 11.2 Å². The lowest BCUT2D eigenvalue weighted by Gasteiger charge is -2.30. The molecule has 0 amide bonds. The highest BCUT2D eigenvalue weighted by Gasteiger charge is 2.37. The monoisotopic (exact) mass is 264 g/mol. The molecule has 1 aliphatic rings. The molecule has 19 heavy (non-hydrogen) atoms. The maximum absolute atomic E-state index is 5.67. The maximum Gasteiger partial charge on any atom is 0.135 e. The summed E-state index contributed by atoms with van der Waals surface area (Å²) in [6.45, 7) is 9.20. The van der Waals surface area contributed by atoms with Crippen LogP contribution in [0.25, 0.3) is 0 Å². The zero-order chi connectivity index (χ0) is 14.0. The van der Waals surface area contributed by atoms with Gasteiger partial charge in [0.15, 0.2) is 0 Å². The highest BCUT2D eigenvalue weighted by atomic mass is 16.5. The van der Waals surface area contributed by atoms with Gasteiger partial charge < -0.3 is 15.4 Å². The number of aryl methyl sites for hydroxylation is 1. The van der Waals surface area contributed by atoms with Crippen molar-refractivity contribution in [2.24, 2.45) is 0 Å². The van der Waals surface area contributed by atoms with E-state index in [2.05, 4.69) is 41.4 Å². The summed E-state index contributed by atoms with van der Waals surface area (Å²) in [7, 11) is 1.89. The fourth-order valence-electron chi connectivity index (χ4n) is 2.36. The fraction of sp³-hybridized carbons (Fsp3) is 0.714. The second kappa shape index (κ2) is 5.33. The smallest absolute Gasteiger partial charge is 0.135 e. The van der Waals surface area contributed by atoms with Gasteiger partial charge in [-0.3, -0.25) is 0 Å². The quantitative estimate of drug-likeness (QED) is 0.874. The van der Waals surface area contributed by atoms with Gasteiger partial charge in [-0.2, -0.15) is 0 Å². The van der Waals surface area contributed by atoms with Gasteiger partial charge in [0.05, 0.1) is 11.6 Å². The Morgan fingerprint density at radius 3 is 2.58 bits per heavy atom. The molecule has 1 aromatic heterocycles. The van der Waals surface area contributed by atoms with Crippen molar-refractivity contribution in [2.45, 2.75) is 52.2 Å². The van der Waals surface area contributed by atoms with Crippen molar-refractivity contribution >= 4 is 11.6 Å². The lowest BCUT2D eigenvalue weighted by Crippen LogP contribution is -2.41. The third-order valence-corrected chi connectivity index (χ3v) is 4.04. The molecule has 106 valence electrons. The second-order valence-corrected chi connectivity index (χ2v) is 5.37. The number of aromatic nitrogens is 2. The van der Waals surface area contributed by atoms with Crippen LogP contribution in [0.4, 0.5) is 11.6 Å². The van der Waals surface area contributed by atoms with E-state index < -0.39 is 0 Å². The molecule has 0 saturated carbocycles. The zero-order valence-electron chi connectivity index (χ0n) is 12.5. The van der Waals surface area contributed by atoms with Gasteiger partial charge in [0.1, 0.15) is 17.5 Å². The van der Waals surface area contributed by atoms with Crippen LogP contribution in [-0.4, -0.2) is 35.3 Å². The number of rotatable bonds is 4. The maximum atomic E-state index is 5.67. The molecule has 0 radical (unpaired) electrons. The predicted molar refractivity (Wildman–Crippen MR) is 77.8 cm³/mol. The van der Waals surface area contributed by atoms with Crippen LogP contribution < -0.4 is 10.6 Å². The van der Waals surface area contributed by atoms with Crippen LogP contribution in [0.3, 0.4) is 0 Å². The van der Waals surface area contributed by atoms with E-state index in [0.717, 1.165) is 42.5 Å². The van der Waals surface area contributed by atoms with Crippen molar-refractivity contribution in [1.82, 2.24) is 9.97 Å². The van der Waals surface area contributed by atoms with Crippen LogP contribution in [0.2, 0.25) is 0 Å². The first-order valence-corrected chi connectivity index (χ1v) is 6.95. The molecule has 0 spiro atoms. The normalized spacial score (nSPS) is 26.5. The summed E-state index contributed by atoms with van der Waals surface area (Å²) < 4.78 is 5.67. The van der Waals surface area contributed by atoms with E-state index in [9.17, 15) is 0 Å². The number of nitrogens with zero attached hydrogens (tertiary/aromatic N) is 2. The van der Waals surface area contributed by atoms with Crippen LogP contribution in [0.1, 0.15) is 38.6 Å². The molecular formula is C14H24N4O. The SMILES string of the molecule is CCc1nc(NC)c(C)c(NC2(C)CCOC2C)n1. The van der Waals surface area contributed by atoms with Crippen molar-refractivity contribution in [3.8, 4) is 0 Å². The Morgan fingerprint density at radius 1 is 1.37 bits per heavy atom. The second-order valence-electron chi connectivity index (χ2n) is 5.37. The predicted octanol–water partition coefficient (Wildman–Crippen LogP) is 2.37. The molecule has 5 nitrogen and oxygen atoms in total. The van der Waals surface area contributed by atoms with Crippen LogP contribution in [0.15, 0.2) is 0 Å². The van der Waals surface area contributed by atoms with E-state index in [0.29, 0.717) is 0 Å². The first-order chi connectivity index (χ1) is 9.00. The van der Waals surface area contributed by atoms with E-state index in [-0.39, 0.29) is 11.6 Å². The number of hydrogen-bond donors (Lipinski definition) is 2. The molecule has 1 saturated heterocycles. The number of ether oxygens (including phenoxy) is 1.